The summed E-state index contributed by atoms with van der Waals surface area (Å²) in [6.07, 6.45) is 1.59. The monoisotopic (exact) mass is 357 g/mol. The number of hydrogen-bond acceptors (Lipinski definition) is 9. The summed E-state index contributed by atoms with van der Waals surface area (Å²) in [6, 6.07) is 4.38. The summed E-state index contributed by atoms with van der Waals surface area (Å²) in [5.74, 6) is -2.77. The second-order valence-corrected chi connectivity index (χ2v) is 4.81. The lowest BCUT2D eigenvalue weighted by atomic mass is 10.3. The molecule has 0 aliphatic carbocycles. The van der Waals surface area contributed by atoms with E-state index in [1.54, 1.807) is 0 Å². The quantitative estimate of drug-likeness (QED) is 0.713. The predicted octanol–water partition coefficient (Wildman–Crippen LogP) is 0.915. The first-order valence-corrected chi connectivity index (χ1v) is 6.66. The second-order valence-electron chi connectivity index (χ2n) is 3.96. The van der Waals surface area contributed by atoms with Gasteiger partial charge in [-0.25, -0.2) is 9.59 Å². The molecule has 0 spiro atoms. The Hall–Kier alpha value is -2.78. The van der Waals surface area contributed by atoms with Gasteiger partial charge in [-0.2, -0.15) is 4.99 Å². The molecule has 0 atom stereocenters. The van der Waals surface area contributed by atoms with E-state index < -0.39 is 23.9 Å². The molecule has 0 aromatic heterocycles. The molecule has 0 fully saturated rings. The summed E-state index contributed by atoms with van der Waals surface area (Å²) in [7, 11) is 0. The van der Waals surface area contributed by atoms with Gasteiger partial charge >= 0.3 is 11.9 Å². The highest BCUT2D eigenvalue weighted by molar-refractivity contribution is 6.35. The minimum absolute atomic E-state index is 0.126. The van der Waals surface area contributed by atoms with Crippen LogP contribution in [0.4, 0.5) is 5.69 Å². The van der Waals surface area contributed by atoms with Crippen LogP contribution < -0.4 is 16.5 Å². The van der Waals surface area contributed by atoms with Crippen LogP contribution in [0.15, 0.2) is 40.5 Å². The van der Waals surface area contributed by atoms with Crippen LogP contribution >= 0.6 is 23.2 Å². The Morgan fingerprint density at radius 2 is 1.78 bits per heavy atom. The zero-order valence-electron chi connectivity index (χ0n) is 11.3. The number of nitrogens with zero attached hydrogens (tertiary/aromatic N) is 3. The fraction of sp³-hybridized carbons (Fsp3) is 0. The Balaban J connectivity index is 2.51. The normalized spacial score (nSPS) is 21.9. The third kappa shape index (κ3) is 4.34. The summed E-state index contributed by atoms with van der Waals surface area (Å²) in [5.41, 5.74) is 11.3. The van der Waals surface area contributed by atoms with Crippen molar-refractivity contribution >= 4 is 52.7 Å². The molecular weight excluding hydrogens is 349 g/mol. The summed E-state index contributed by atoms with van der Waals surface area (Å²) in [5, 5.41) is 4.49. The Bertz CT molecular complexity index is 747. The van der Waals surface area contributed by atoms with Crippen LogP contribution in [0.1, 0.15) is 0 Å². The van der Waals surface area contributed by atoms with Gasteiger partial charge in [0.05, 0.1) is 5.02 Å². The van der Waals surface area contributed by atoms with E-state index in [2.05, 4.69) is 15.0 Å². The van der Waals surface area contributed by atoms with Crippen LogP contribution in [0.25, 0.3) is 0 Å². The number of rotatable bonds is 1. The minimum atomic E-state index is -0.951. The molecule has 9 nitrogen and oxygen atoms in total. The van der Waals surface area contributed by atoms with E-state index in [1.165, 1.54) is 18.2 Å². The predicted molar refractivity (Wildman–Crippen MR) is 83.5 cm³/mol. The lowest BCUT2D eigenvalue weighted by molar-refractivity contribution is -0.140. The second kappa shape index (κ2) is 6.99. The molecule has 0 bridgehead atoms. The first-order valence-electron chi connectivity index (χ1n) is 5.90. The molecule has 0 amide bonds. The largest absolute Gasteiger partial charge is 0.367 e. The Kier molecular flexibility index (Phi) is 5.04. The van der Waals surface area contributed by atoms with Gasteiger partial charge in [0.25, 0.3) is 5.96 Å². The summed E-state index contributed by atoms with van der Waals surface area (Å²) >= 11 is 11.9. The van der Waals surface area contributed by atoms with E-state index >= 15 is 0 Å². The highest BCUT2D eigenvalue weighted by Crippen LogP contribution is 2.29. The van der Waals surface area contributed by atoms with Crippen molar-refractivity contribution in [2.75, 3.05) is 5.06 Å². The van der Waals surface area contributed by atoms with Crippen LogP contribution in [0, 0.1) is 0 Å². The van der Waals surface area contributed by atoms with E-state index in [0.717, 1.165) is 17.2 Å². The van der Waals surface area contributed by atoms with Crippen molar-refractivity contribution in [2.24, 2.45) is 21.6 Å². The van der Waals surface area contributed by atoms with Crippen molar-refractivity contribution in [1.29, 1.82) is 0 Å². The van der Waals surface area contributed by atoms with E-state index in [-0.39, 0.29) is 10.7 Å². The Morgan fingerprint density at radius 1 is 1.09 bits per heavy atom. The molecule has 120 valence electrons. The van der Waals surface area contributed by atoms with Crippen LogP contribution in [-0.2, 0) is 19.3 Å². The molecular formula is C12H9Cl2N5O4. The maximum Gasteiger partial charge on any atom is 0.359 e. The topological polar surface area (TPSA) is 133 Å². The van der Waals surface area contributed by atoms with E-state index in [9.17, 15) is 9.59 Å². The van der Waals surface area contributed by atoms with E-state index in [4.69, 9.17) is 39.5 Å². The number of nitrogens with two attached hydrogens (primary N) is 2. The van der Waals surface area contributed by atoms with Gasteiger partial charge in [0.1, 0.15) is 5.69 Å². The molecule has 1 aromatic rings. The molecule has 4 N–H and O–H groups in total. The number of halogens is 2. The van der Waals surface area contributed by atoms with E-state index in [1.807, 2.05) is 0 Å². The zero-order chi connectivity index (χ0) is 17.0. The minimum Gasteiger partial charge on any atom is -0.367 e. The van der Waals surface area contributed by atoms with Crippen molar-refractivity contribution in [3.63, 3.8) is 0 Å². The first kappa shape index (κ1) is 16.6. The van der Waals surface area contributed by atoms with Gasteiger partial charge in [0.2, 0.25) is 5.96 Å². The van der Waals surface area contributed by atoms with Crippen molar-refractivity contribution in [1.82, 2.24) is 0 Å². The average molecular weight is 358 g/mol. The van der Waals surface area contributed by atoms with Crippen molar-refractivity contribution in [3.8, 4) is 0 Å². The first-order chi connectivity index (χ1) is 10.9. The molecule has 23 heavy (non-hydrogen) atoms. The van der Waals surface area contributed by atoms with Crippen LogP contribution in [0.5, 0.6) is 0 Å². The summed E-state index contributed by atoms with van der Waals surface area (Å²) in [4.78, 5) is 36.0. The number of oxime groups is 1. The number of guanidine groups is 2. The lowest BCUT2D eigenvalue weighted by Crippen LogP contribution is -2.40. The smallest absolute Gasteiger partial charge is 0.359 e. The number of benzene rings is 1. The highest BCUT2D eigenvalue weighted by atomic mass is 35.5. The van der Waals surface area contributed by atoms with Gasteiger partial charge in [0, 0.05) is 17.2 Å². The zero-order valence-corrected chi connectivity index (χ0v) is 12.8. The third-order valence-corrected chi connectivity index (χ3v) is 2.88. The molecule has 2 rings (SSSR count). The molecule has 1 heterocycles. The number of hydroxylamine groups is 1. The number of carbonyl (C=O) groups is 2. The van der Waals surface area contributed by atoms with E-state index in [0.29, 0.717) is 5.02 Å². The maximum absolute atomic E-state index is 11.8. The summed E-state index contributed by atoms with van der Waals surface area (Å²) < 4.78 is 0. The van der Waals surface area contributed by atoms with Gasteiger partial charge in [-0.3, -0.25) is 0 Å². The highest BCUT2D eigenvalue weighted by Gasteiger charge is 2.20. The maximum atomic E-state index is 11.8. The van der Waals surface area contributed by atoms with Gasteiger partial charge < -0.3 is 21.1 Å². The van der Waals surface area contributed by atoms with Gasteiger partial charge in [-0.05, 0) is 23.4 Å². The number of aliphatic imine (C=N–C) groups is 1. The fourth-order valence-electron chi connectivity index (χ4n) is 1.42. The van der Waals surface area contributed by atoms with Gasteiger partial charge in [-0.15, -0.1) is 5.06 Å². The van der Waals surface area contributed by atoms with Crippen molar-refractivity contribution in [3.05, 3.63) is 40.4 Å². The van der Waals surface area contributed by atoms with Crippen molar-refractivity contribution < 1.29 is 19.3 Å². The standard InChI is InChI=1S/C12H9Cl2N5O4/c13-6-1-2-7(14)8(5-6)19-12(16)17-11(15)18-22-9(20)3-4-10(21)23-19/h1-5H,(H4,15,16,17,18)/b4-3+. The lowest BCUT2D eigenvalue weighted by Gasteiger charge is -2.22. The molecule has 1 aliphatic rings. The fourth-order valence-corrected chi connectivity index (χ4v) is 1.78. The van der Waals surface area contributed by atoms with Crippen LogP contribution in [0.3, 0.4) is 0 Å². The molecule has 11 heteroatoms. The molecule has 0 unspecified atom stereocenters. The number of hydrogen-bond donors (Lipinski definition) is 2. The molecule has 0 radical (unpaired) electrons. The summed E-state index contributed by atoms with van der Waals surface area (Å²) in [6.45, 7) is 0. The van der Waals surface area contributed by atoms with Gasteiger partial charge in [-0.1, -0.05) is 23.2 Å². The molecule has 1 aromatic carbocycles. The van der Waals surface area contributed by atoms with Gasteiger partial charge in [0.15, 0.2) is 0 Å². The molecule has 0 saturated carbocycles. The van der Waals surface area contributed by atoms with Crippen LogP contribution in [0.2, 0.25) is 10.0 Å². The Morgan fingerprint density at radius 3 is 2.52 bits per heavy atom. The SMILES string of the molecule is NC1=N\OC(=O)/C=C/C(=O)ON(c2cc(Cl)ccc2Cl)\C(N)=N\1. The average Bonchev–Trinajstić information content (AvgIpc) is 2.52. The van der Waals surface area contributed by atoms with Crippen molar-refractivity contribution in [2.45, 2.75) is 0 Å². The Labute approximate surface area is 139 Å². The van der Waals surface area contributed by atoms with Crippen LogP contribution in [-0.4, -0.2) is 23.9 Å². The number of carbonyl (C=O) groups excluding carboxylic acids is 2. The molecule has 1 aliphatic heterocycles. The molecule has 0 saturated heterocycles. The number of anilines is 1. The third-order valence-electron chi connectivity index (χ3n) is 2.33.